The van der Waals surface area contributed by atoms with E-state index < -0.39 is 5.91 Å². The molecule has 6 nitrogen and oxygen atoms in total. The Kier molecular flexibility index (Phi) is 3.99. The molecule has 0 saturated heterocycles. The Morgan fingerprint density at radius 3 is 2.43 bits per heavy atom. The summed E-state index contributed by atoms with van der Waals surface area (Å²) < 4.78 is 1.43. The molecule has 0 unspecified atom stereocenters. The van der Waals surface area contributed by atoms with Crippen LogP contribution in [0.1, 0.15) is 16.1 Å². The summed E-state index contributed by atoms with van der Waals surface area (Å²) >= 11 is 5.81. The number of nitrogen functional groups attached to an aromatic ring is 1. The lowest BCUT2D eigenvalue weighted by Crippen LogP contribution is -2.15. The molecule has 3 rings (SSSR count). The van der Waals surface area contributed by atoms with Crippen LogP contribution >= 0.6 is 11.6 Å². The largest absolute Gasteiger partial charge is 0.382 e. The maximum Gasteiger partial charge on any atom is 0.280 e. The van der Waals surface area contributed by atoms with Gasteiger partial charge in [0.25, 0.3) is 5.91 Å². The SMILES string of the molecule is Cc1ccc(-n2nnc(C(=O)Nc3ccc(Cl)cc3)c2N)cc1. The van der Waals surface area contributed by atoms with Gasteiger partial charge in [-0.15, -0.1) is 5.10 Å². The van der Waals surface area contributed by atoms with E-state index >= 15 is 0 Å². The molecular weight excluding hydrogens is 314 g/mol. The van der Waals surface area contributed by atoms with Crippen LogP contribution in [0.5, 0.6) is 0 Å². The van der Waals surface area contributed by atoms with E-state index in [1.165, 1.54) is 4.68 Å². The third kappa shape index (κ3) is 3.17. The van der Waals surface area contributed by atoms with E-state index in [0.717, 1.165) is 11.3 Å². The van der Waals surface area contributed by atoms with Crippen molar-refractivity contribution < 1.29 is 4.79 Å². The number of nitrogens with two attached hydrogens (primary N) is 1. The molecule has 1 amide bonds. The van der Waals surface area contributed by atoms with Crippen LogP contribution in [0.3, 0.4) is 0 Å². The first-order valence-electron chi connectivity index (χ1n) is 6.90. The molecule has 2 aromatic carbocycles. The monoisotopic (exact) mass is 327 g/mol. The Bertz CT molecular complexity index is 840. The van der Waals surface area contributed by atoms with Gasteiger partial charge in [0.1, 0.15) is 0 Å². The van der Waals surface area contributed by atoms with Crippen LogP contribution in [0, 0.1) is 6.92 Å². The summed E-state index contributed by atoms with van der Waals surface area (Å²) in [6.45, 7) is 1.99. The number of benzene rings is 2. The Hall–Kier alpha value is -2.86. The van der Waals surface area contributed by atoms with E-state index in [2.05, 4.69) is 15.6 Å². The summed E-state index contributed by atoms with van der Waals surface area (Å²) in [5.74, 6) is -0.247. The van der Waals surface area contributed by atoms with Crippen LogP contribution < -0.4 is 11.1 Å². The van der Waals surface area contributed by atoms with Gasteiger partial charge in [0, 0.05) is 10.7 Å². The second-order valence-corrected chi connectivity index (χ2v) is 5.47. The van der Waals surface area contributed by atoms with Gasteiger partial charge < -0.3 is 11.1 Å². The van der Waals surface area contributed by atoms with Crippen LogP contribution in [0.4, 0.5) is 11.5 Å². The van der Waals surface area contributed by atoms with Gasteiger partial charge in [-0.05, 0) is 43.3 Å². The van der Waals surface area contributed by atoms with Crippen molar-refractivity contribution in [1.82, 2.24) is 15.0 Å². The molecule has 0 radical (unpaired) electrons. The molecule has 0 atom stereocenters. The van der Waals surface area contributed by atoms with Crippen molar-refractivity contribution in [2.45, 2.75) is 6.92 Å². The van der Waals surface area contributed by atoms with Crippen LogP contribution in [0.15, 0.2) is 48.5 Å². The lowest BCUT2D eigenvalue weighted by Gasteiger charge is -2.05. The third-order valence-corrected chi connectivity index (χ3v) is 3.55. The molecule has 0 saturated carbocycles. The normalized spacial score (nSPS) is 10.5. The summed E-state index contributed by atoms with van der Waals surface area (Å²) in [5, 5.41) is 11.1. The minimum atomic E-state index is -0.428. The molecule has 116 valence electrons. The molecule has 0 fully saturated rings. The molecule has 0 aliphatic carbocycles. The van der Waals surface area contributed by atoms with Crippen molar-refractivity contribution in [3.8, 4) is 5.69 Å². The minimum Gasteiger partial charge on any atom is -0.382 e. The molecule has 1 heterocycles. The summed E-state index contributed by atoms with van der Waals surface area (Å²) in [4.78, 5) is 12.3. The number of rotatable bonds is 3. The molecule has 3 aromatic rings. The molecule has 1 aromatic heterocycles. The summed E-state index contributed by atoms with van der Waals surface area (Å²) in [6, 6.07) is 14.4. The molecular formula is C16H14ClN5O. The number of nitrogens with zero attached hydrogens (tertiary/aromatic N) is 3. The maximum atomic E-state index is 12.3. The predicted molar refractivity (Wildman–Crippen MR) is 89.9 cm³/mol. The highest BCUT2D eigenvalue weighted by molar-refractivity contribution is 6.30. The number of hydrogen-bond acceptors (Lipinski definition) is 4. The minimum absolute atomic E-state index is 0.0699. The second kappa shape index (κ2) is 6.10. The number of amides is 1. The first-order valence-corrected chi connectivity index (χ1v) is 7.27. The van der Waals surface area contributed by atoms with Crippen LogP contribution in [-0.4, -0.2) is 20.9 Å². The highest BCUT2D eigenvalue weighted by atomic mass is 35.5. The predicted octanol–water partition coefficient (Wildman–Crippen LogP) is 3.06. The molecule has 0 spiro atoms. The number of anilines is 2. The van der Waals surface area contributed by atoms with Gasteiger partial charge in [0.2, 0.25) is 0 Å². The Balaban J connectivity index is 1.85. The van der Waals surface area contributed by atoms with Crippen molar-refractivity contribution in [1.29, 1.82) is 0 Å². The first-order chi connectivity index (χ1) is 11.0. The summed E-state index contributed by atoms with van der Waals surface area (Å²) in [6.07, 6.45) is 0. The van der Waals surface area contributed by atoms with Crippen LogP contribution in [-0.2, 0) is 0 Å². The highest BCUT2D eigenvalue weighted by Gasteiger charge is 2.18. The number of carbonyl (C=O) groups is 1. The van der Waals surface area contributed by atoms with E-state index in [1.807, 2.05) is 31.2 Å². The van der Waals surface area contributed by atoms with Gasteiger partial charge >= 0.3 is 0 Å². The number of carbonyl (C=O) groups excluding carboxylic acids is 1. The lowest BCUT2D eigenvalue weighted by molar-refractivity contribution is 0.102. The fourth-order valence-corrected chi connectivity index (χ4v) is 2.18. The van der Waals surface area contributed by atoms with E-state index in [1.54, 1.807) is 24.3 Å². The van der Waals surface area contributed by atoms with Gasteiger partial charge in [-0.3, -0.25) is 4.79 Å². The average molecular weight is 328 g/mol. The van der Waals surface area contributed by atoms with E-state index in [0.29, 0.717) is 10.7 Å². The van der Waals surface area contributed by atoms with Crippen molar-refractivity contribution >= 4 is 29.0 Å². The zero-order chi connectivity index (χ0) is 16.4. The van der Waals surface area contributed by atoms with Crippen LogP contribution in [0.25, 0.3) is 5.69 Å². The number of aryl methyl sites for hydroxylation is 1. The molecule has 3 N–H and O–H groups in total. The Labute approximate surface area is 137 Å². The number of halogens is 1. The zero-order valence-corrected chi connectivity index (χ0v) is 13.1. The molecule has 0 bridgehead atoms. The van der Waals surface area contributed by atoms with E-state index in [-0.39, 0.29) is 11.5 Å². The summed E-state index contributed by atoms with van der Waals surface area (Å²) in [5.41, 5.74) is 8.54. The van der Waals surface area contributed by atoms with Crippen molar-refractivity contribution in [2.75, 3.05) is 11.1 Å². The van der Waals surface area contributed by atoms with Gasteiger partial charge in [0.05, 0.1) is 5.69 Å². The number of nitrogens with one attached hydrogen (secondary N) is 1. The number of aromatic nitrogens is 3. The van der Waals surface area contributed by atoms with Crippen LogP contribution in [0.2, 0.25) is 5.02 Å². The quantitative estimate of drug-likeness (QED) is 0.774. The van der Waals surface area contributed by atoms with Gasteiger partial charge in [-0.25, -0.2) is 0 Å². The van der Waals surface area contributed by atoms with Crippen molar-refractivity contribution in [2.24, 2.45) is 0 Å². The Morgan fingerprint density at radius 2 is 1.78 bits per heavy atom. The summed E-state index contributed by atoms with van der Waals surface area (Å²) in [7, 11) is 0. The van der Waals surface area contributed by atoms with E-state index in [4.69, 9.17) is 17.3 Å². The van der Waals surface area contributed by atoms with Gasteiger partial charge in [-0.1, -0.05) is 34.5 Å². The van der Waals surface area contributed by atoms with Gasteiger partial charge in [-0.2, -0.15) is 4.68 Å². The molecule has 0 aliphatic heterocycles. The standard InChI is InChI=1S/C16H14ClN5O/c1-10-2-8-13(9-3-10)22-15(18)14(20-21-22)16(23)19-12-6-4-11(17)5-7-12/h2-9H,18H2,1H3,(H,19,23). The van der Waals surface area contributed by atoms with Crippen molar-refractivity contribution in [3.05, 3.63) is 64.8 Å². The smallest absolute Gasteiger partial charge is 0.280 e. The topological polar surface area (TPSA) is 85.8 Å². The van der Waals surface area contributed by atoms with Gasteiger partial charge in [0.15, 0.2) is 11.5 Å². The van der Waals surface area contributed by atoms with Crippen molar-refractivity contribution in [3.63, 3.8) is 0 Å². The number of hydrogen-bond donors (Lipinski definition) is 2. The molecule has 23 heavy (non-hydrogen) atoms. The second-order valence-electron chi connectivity index (χ2n) is 5.03. The average Bonchev–Trinajstić information content (AvgIpc) is 2.92. The third-order valence-electron chi connectivity index (χ3n) is 3.30. The Morgan fingerprint density at radius 1 is 1.13 bits per heavy atom. The van der Waals surface area contributed by atoms with E-state index in [9.17, 15) is 4.79 Å². The fourth-order valence-electron chi connectivity index (χ4n) is 2.05. The zero-order valence-electron chi connectivity index (χ0n) is 12.3. The first kappa shape index (κ1) is 15.1. The maximum absolute atomic E-state index is 12.3. The highest BCUT2D eigenvalue weighted by Crippen LogP contribution is 2.18. The molecule has 7 heteroatoms. The lowest BCUT2D eigenvalue weighted by atomic mass is 10.2. The molecule has 0 aliphatic rings. The fraction of sp³-hybridized carbons (Fsp3) is 0.0625.